The highest BCUT2D eigenvalue weighted by molar-refractivity contribution is 7.14. The van der Waals surface area contributed by atoms with Gasteiger partial charge in [-0.25, -0.2) is 39.9 Å². The van der Waals surface area contributed by atoms with E-state index in [1.165, 1.54) is 59.3 Å². The summed E-state index contributed by atoms with van der Waals surface area (Å²) in [6.07, 6.45) is -1.56. The molecule has 2 aliphatic heterocycles. The summed E-state index contributed by atoms with van der Waals surface area (Å²) in [4.78, 5) is 37.7. The minimum absolute atomic E-state index is 0.0618. The van der Waals surface area contributed by atoms with Gasteiger partial charge in [-0.05, 0) is 42.5 Å². The molecule has 75 heavy (non-hydrogen) atoms. The monoisotopic (exact) mass is 1090 g/mol. The smallest absolute Gasteiger partial charge is 0.419 e. The number of halogens is 7. The van der Waals surface area contributed by atoms with E-state index in [0.717, 1.165) is 68.8 Å². The summed E-state index contributed by atoms with van der Waals surface area (Å²) in [5.41, 5.74) is 9.80. The van der Waals surface area contributed by atoms with Gasteiger partial charge in [0.25, 0.3) is 0 Å². The second-order valence-electron chi connectivity index (χ2n) is 15.8. The van der Waals surface area contributed by atoms with Crippen molar-refractivity contribution >= 4 is 85.9 Å². The molecule has 0 unspecified atom stereocenters. The molecule has 0 atom stereocenters. The van der Waals surface area contributed by atoms with Crippen molar-refractivity contribution in [3.8, 4) is 32.9 Å². The Hall–Kier alpha value is -7.65. The van der Waals surface area contributed by atoms with Crippen LogP contribution in [0, 0.1) is 0 Å². The third kappa shape index (κ3) is 13.9. The standard InChI is InChI=1S/C24H22F3N7O2S.C13H7ClF3N5S.C11H16N2O2/c1-35-19-11-15(34-7-9-36-10-8-34)3-4-17(19)32-20-12-18(16(13-30-20)24(25,26)27)33-23-21(37-14-31-23)22-28-5-2-6-29-22;14-9-4-8(7(5-20-9)13(15,16)17)22-12-10(23-6-21-12)11-18-2-1-3-19-11;1-14-11-8-9(2-3-10(11)12)13-4-6-15-7-5-13/h2-6,11-14H,7-10H2,1H3,(H2,30,32,33);1-6H,(H,20,22);2-3,8H,4-7,12H2,1H3. The molecule has 0 bridgehead atoms. The molecule has 10 rings (SSSR count). The number of morpholine rings is 2. The molecule has 27 heteroatoms. The second kappa shape index (κ2) is 24.6. The van der Waals surface area contributed by atoms with E-state index in [2.05, 4.69) is 65.6 Å². The van der Waals surface area contributed by atoms with Crippen LogP contribution in [0.15, 0.2) is 109 Å². The quantitative estimate of drug-likeness (QED) is 0.0509. The minimum atomic E-state index is -4.63. The van der Waals surface area contributed by atoms with Crippen LogP contribution in [0.25, 0.3) is 21.4 Å². The van der Waals surface area contributed by atoms with Crippen LogP contribution in [0.2, 0.25) is 5.15 Å². The van der Waals surface area contributed by atoms with E-state index >= 15 is 0 Å². The van der Waals surface area contributed by atoms with Gasteiger partial charge in [0.1, 0.15) is 32.2 Å². The molecule has 18 nitrogen and oxygen atoms in total. The van der Waals surface area contributed by atoms with E-state index in [1.54, 1.807) is 37.7 Å². The van der Waals surface area contributed by atoms with Gasteiger partial charge in [0.2, 0.25) is 0 Å². The Morgan fingerprint density at radius 2 is 1.04 bits per heavy atom. The van der Waals surface area contributed by atoms with Gasteiger partial charge in [0.15, 0.2) is 23.3 Å². The van der Waals surface area contributed by atoms with Gasteiger partial charge in [0.05, 0.1) is 85.5 Å². The molecule has 0 saturated carbocycles. The summed E-state index contributed by atoms with van der Waals surface area (Å²) in [6, 6.07) is 17.1. The third-order valence-corrected chi connectivity index (χ3v) is 12.8. The lowest BCUT2D eigenvalue weighted by atomic mass is 10.2. The lowest BCUT2D eigenvalue weighted by Gasteiger charge is -2.29. The van der Waals surface area contributed by atoms with Crippen LogP contribution >= 0.6 is 34.3 Å². The molecule has 0 amide bonds. The van der Waals surface area contributed by atoms with Crippen molar-refractivity contribution in [2.45, 2.75) is 12.4 Å². The van der Waals surface area contributed by atoms with E-state index < -0.39 is 23.5 Å². The second-order valence-corrected chi connectivity index (χ2v) is 17.8. The molecule has 0 spiro atoms. The summed E-state index contributed by atoms with van der Waals surface area (Å²) in [7, 11) is 3.17. The highest BCUT2D eigenvalue weighted by Gasteiger charge is 2.36. The Balaban J connectivity index is 0.000000166. The molecule has 392 valence electrons. The Labute approximate surface area is 438 Å². The predicted octanol–water partition coefficient (Wildman–Crippen LogP) is 10.9. The zero-order valence-corrected chi connectivity index (χ0v) is 42.1. The Morgan fingerprint density at radius 3 is 1.53 bits per heavy atom. The number of methoxy groups -OCH3 is 2. The van der Waals surface area contributed by atoms with Crippen molar-refractivity contribution in [1.82, 2.24) is 39.9 Å². The summed E-state index contributed by atoms with van der Waals surface area (Å²) in [6.45, 7) is 6.23. The molecule has 2 saturated heterocycles. The topological polar surface area (TPSA) is 209 Å². The van der Waals surface area contributed by atoms with Crippen LogP contribution in [0.4, 0.5) is 77.9 Å². The van der Waals surface area contributed by atoms with Gasteiger partial charge in [-0.3, -0.25) is 0 Å². The van der Waals surface area contributed by atoms with Crippen molar-refractivity contribution < 1.29 is 45.3 Å². The Bertz CT molecular complexity index is 3130. The van der Waals surface area contributed by atoms with Crippen molar-refractivity contribution in [3.05, 3.63) is 125 Å². The number of hydrogen-bond acceptors (Lipinski definition) is 20. The number of hydrogen-bond donors (Lipinski definition) is 4. The van der Waals surface area contributed by atoms with Crippen LogP contribution in [0.3, 0.4) is 0 Å². The fourth-order valence-corrected chi connectivity index (χ4v) is 8.88. The van der Waals surface area contributed by atoms with Gasteiger partial charge < -0.3 is 50.4 Å². The fraction of sp³-hybridized carbons (Fsp3) is 0.250. The summed E-state index contributed by atoms with van der Waals surface area (Å²) in [5, 5.41) is 8.45. The van der Waals surface area contributed by atoms with Crippen molar-refractivity contribution in [2.24, 2.45) is 0 Å². The number of nitrogens with one attached hydrogen (secondary N) is 3. The van der Waals surface area contributed by atoms with Crippen LogP contribution in [-0.4, -0.2) is 107 Å². The first-order valence-electron chi connectivity index (χ1n) is 22.5. The SMILES string of the molecule is COc1cc(N2CCOCC2)ccc1N.COc1cc(N2CCOCC2)ccc1Nc1cc(Nc2ncsc2-c2ncccn2)c(C(F)(F)F)cn1.FC(F)(F)c1cnc(Cl)cc1Nc1ncsc1-c1ncccn1. The van der Waals surface area contributed by atoms with E-state index in [-0.39, 0.29) is 34.0 Å². The Morgan fingerprint density at radius 1 is 0.573 bits per heavy atom. The summed E-state index contributed by atoms with van der Waals surface area (Å²) < 4.78 is 102. The predicted molar refractivity (Wildman–Crippen MR) is 276 cm³/mol. The highest BCUT2D eigenvalue weighted by atomic mass is 35.5. The number of nitrogen functional groups attached to an aromatic ring is 1. The number of ether oxygens (including phenoxy) is 4. The third-order valence-electron chi connectivity index (χ3n) is 11.0. The average molecular weight is 1100 g/mol. The van der Waals surface area contributed by atoms with E-state index in [4.69, 9.17) is 36.3 Å². The molecule has 6 aromatic heterocycles. The first kappa shape index (κ1) is 53.6. The van der Waals surface area contributed by atoms with Gasteiger partial charge >= 0.3 is 12.4 Å². The fourth-order valence-electron chi connectivity index (χ4n) is 7.35. The van der Waals surface area contributed by atoms with Crippen LogP contribution < -0.4 is 41.0 Å². The van der Waals surface area contributed by atoms with Crippen molar-refractivity contribution in [1.29, 1.82) is 0 Å². The molecule has 0 aliphatic carbocycles. The van der Waals surface area contributed by atoms with E-state index in [9.17, 15) is 26.3 Å². The first-order valence-corrected chi connectivity index (χ1v) is 24.6. The number of nitrogens with two attached hydrogens (primary N) is 1. The number of aromatic nitrogens is 8. The lowest BCUT2D eigenvalue weighted by molar-refractivity contribution is -0.138. The maximum atomic E-state index is 13.8. The molecular formula is C48H45ClF6N14O4S2. The number of rotatable bonds is 12. The number of nitrogens with zero attached hydrogens (tertiary/aromatic N) is 10. The zero-order chi connectivity index (χ0) is 53.0. The highest BCUT2D eigenvalue weighted by Crippen LogP contribution is 2.41. The molecule has 2 aromatic carbocycles. The summed E-state index contributed by atoms with van der Waals surface area (Å²) >= 11 is 8.13. The van der Waals surface area contributed by atoms with E-state index in [1.807, 2.05) is 30.3 Å². The molecular weight excluding hydrogens is 1050 g/mol. The molecule has 5 N–H and O–H groups in total. The molecule has 0 radical (unpaired) electrons. The molecule has 8 heterocycles. The number of anilines is 9. The largest absolute Gasteiger partial charge is 0.495 e. The van der Waals surface area contributed by atoms with Crippen LogP contribution in [-0.2, 0) is 21.8 Å². The van der Waals surface area contributed by atoms with Gasteiger partial charge in [-0.2, -0.15) is 26.3 Å². The minimum Gasteiger partial charge on any atom is -0.495 e. The first-order chi connectivity index (χ1) is 36.2. The number of alkyl halides is 6. The number of pyridine rings is 2. The van der Waals surface area contributed by atoms with E-state index in [0.29, 0.717) is 57.9 Å². The zero-order valence-electron chi connectivity index (χ0n) is 39.7. The van der Waals surface area contributed by atoms with Crippen molar-refractivity contribution in [2.75, 3.05) is 98.3 Å². The maximum Gasteiger partial charge on any atom is 0.419 e. The van der Waals surface area contributed by atoms with Crippen molar-refractivity contribution in [3.63, 3.8) is 0 Å². The molecule has 2 fully saturated rings. The summed E-state index contributed by atoms with van der Waals surface area (Å²) in [5.74, 6) is 2.62. The number of benzene rings is 2. The maximum absolute atomic E-state index is 13.8. The Kier molecular flexibility index (Phi) is 17.6. The molecule has 8 aromatic rings. The van der Waals surface area contributed by atoms with Gasteiger partial charge in [-0.1, -0.05) is 11.6 Å². The van der Waals surface area contributed by atoms with Gasteiger partial charge in [0, 0.05) is 92.9 Å². The molecule has 2 aliphatic rings. The van der Waals surface area contributed by atoms with Crippen LogP contribution in [0.5, 0.6) is 11.5 Å². The average Bonchev–Trinajstić information content (AvgIpc) is 4.09. The lowest BCUT2D eigenvalue weighted by Crippen LogP contribution is -2.36. The van der Waals surface area contributed by atoms with Crippen LogP contribution in [0.1, 0.15) is 11.1 Å². The van der Waals surface area contributed by atoms with Gasteiger partial charge in [-0.15, -0.1) is 22.7 Å². The number of thiazole rings is 2. The normalized spacial score (nSPS) is 13.7.